The van der Waals surface area contributed by atoms with E-state index in [1.54, 1.807) is 0 Å². The Labute approximate surface area is 71.5 Å². The molecule has 0 amide bonds. The number of hydrogen-bond donors (Lipinski definition) is 1. The van der Waals surface area contributed by atoms with Crippen LogP contribution >= 0.6 is 0 Å². The fraction of sp³-hybridized carbons (Fsp3) is 0.800. The fourth-order valence-electron chi connectivity index (χ4n) is 1.25. The van der Waals surface area contributed by atoms with Crippen LogP contribution in [-0.2, 0) is 0 Å². The highest BCUT2D eigenvalue weighted by atomic mass is 14.0. The maximum absolute atomic E-state index is 3.70. The van der Waals surface area contributed by atoms with E-state index in [2.05, 4.69) is 20.4 Å². The van der Waals surface area contributed by atoms with E-state index in [1.807, 2.05) is 6.08 Å². The molecule has 0 radical (unpaired) electrons. The van der Waals surface area contributed by atoms with Gasteiger partial charge >= 0.3 is 0 Å². The molecule has 3 N–H and O–H groups in total. The molecule has 1 nitrogen and oxygen atoms in total. The van der Waals surface area contributed by atoms with Crippen LogP contribution in [0.3, 0.4) is 0 Å². The summed E-state index contributed by atoms with van der Waals surface area (Å²) in [6, 6.07) is 0. The molecule has 0 saturated carbocycles. The van der Waals surface area contributed by atoms with Crippen molar-refractivity contribution in [2.24, 2.45) is 5.92 Å². The molecule has 0 aromatic carbocycles. The van der Waals surface area contributed by atoms with E-state index < -0.39 is 0 Å². The fourth-order valence-corrected chi connectivity index (χ4v) is 1.25. The maximum atomic E-state index is 3.70. The summed E-state index contributed by atoms with van der Waals surface area (Å²) >= 11 is 0. The average molecular weight is 157 g/mol. The first kappa shape index (κ1) is 13.3. The Morgan fingerprint density at radius 2 is 2.00 bits per heavy atom. The predicted molar refractivity (Wildman–Crippen MR) is 53.1 cm³/mol. The van der Waals surface area contributed by atoms with E-state index in [0.29, 0.717) is 0 Å². The zero-order chi connectivity index (χ0) is 7.82. The minimum absolute atomic E-state index is 0. The van der Waals surface area contributed by atoms with Crippen molar-refractivity contribution in [2.75, 3.05) is 0 Å². The lowest BCUT2D eigenvalue weighted by molar-refractivity contribution is 0.472. The average Bonchev–Trinajstić information content (AvgIpc) is 1.89. The summed E-state index contributed by atoms with van der Waals surface area (Å²) in [5.74, 6) is 0.921. The third kappa shape index (κ3) is 9.70. The standard InChI is InChI=1S/C10H20.H3N/c1-4-6-7-9-10(3)8-5-2;/h4,10H,1,5-9H2,2-3H3;1H3. The molecule has 0 aromatic rings. The van der Waals surface area contributed by atoms with Gasteiger partial charge in [-0.2, -0.15) is 0 Å². The van der Waals surface area contributed by atoms with Crippen molar-refractivity contribution in [1.29, 1.82) is 0 Å². The quantitative estimate of drug-likeness (QED) is 0.460. The second-order valence-corrected chi connectivity index (χ2v) is 3.11. The molecule has 0 fully saturated rings. The first-order valence-electron chi connectivity index (χ1n) is 4.42. The van der Waals surface area contributed by atoms with Gasteiger partial charge in [-0.15, -0.1) is 6.58 Å². The molecule has 0 heterocycles. The number of rotatable bonds is 6. The normalized spacial score (nSPS) is 11.8. The summed E-state index contributed by atoms with van der Waals surface area (Å²) in [7, 11) is 0. The third-order valence-corrected chi connectivity index (χ3v) is 1.89. The van der Waals surface area contributed by atoms with Crippen LogP contribution in [0.1, 0.15) is 46.0 Å². The van der Waals surface area contributed by atoms with Gasteiger partial charge in [0.1, 0.15) is 0 Å². The van der Waals surface area contributed by atoms with E-state index in [4.69, 9.17) is 0 Å². The topological polar surface area (TPSA) is 35.0 Å². The summed E-state index contributed by atoms with van der Waals surface area (Å²) < 4.78 is 0. The zero-order valence-corrected chi connectivity index (χ0v) is 8.10. The SMILES string of the molecule is C=CCCCC(C)CCC.N. The van der Waals surface area contributed by atoms with Crippen LogP contribution in [-0.4, -0.2) is 0 Å². The van der Waals surface area contributed by atoms with Crippen molar-refractivity contribution in [3.63, 3.8) is 0 Å². The molecule has 0 rings (SSSR count). The van der Waals surface area contributed by atoms with Crippen molar-refractivity contribution in [2.45, 2.75) is 46.0 Å². The zero-order valence-electron chi connectivity index (χ0n) is 8.10. The molecule has 1 atom stereocenters. The highest BCUT2D eigenvalue weighted by Crippen LogP contribution is 2.13. The first-order valence-corrected chi connectivity index (χ1v) is 4.42. The van der Waals surface area contributed by atoms with Crippen molar-refractivity contribution in [3.05, 3.63) is 12.7 Å². The molecule has 11 heavy (non-hydrogen) atoms. The van der Waals surface area contributed by atoms with Gasteiger partial charge in [-0.3, -0.25) is 0 Å². The van der Waals surface area contributed by atoms with Crippen molar-refractivity contribution in [3.8, 4) is 0 Å². The third-order valence-electron chi connectivity index (χ3n) is 1.89. The molecule has 1 heteroatoms. The lowest BCUT2D eigenvalue weighted by atomic mass is 9.99. The molecule has 0 saturated heterocycles. The Kier molecular flexibility index (Phi) is 11.7. The largest absolute Gasteiger partial charge is 0.344 e. The molecule has 0 aliphatic carbocycles. The van der Waals surface area contributed by atoms with Gasteiger partial charge < -0.3 is 6.15 Å². The van der Waals surface area contributed by atoms with Gasteiger partial charge in [0.15, 0.2) is 0 Å². The Bertz CT molecular complexity index is 78.9. The molecule has 0 aromatic heterocycles. The van der Waals surface area contributed by atoms with Crippen LogP contribution in [0.4, 0.5) is 0 Å². The molecule has 0 spiro atoms. The molecular weight excluding hydrogens is 134 g/mol. The number of allylic oxidation sites excluding steroid dienone is 1. The molecule has 68 valence electrons. The Balaban J connectivity index is 0. The van der Waals surface area contributed by atoms with Gasteiger partial charge in [0.25, 0.3) is 0 Å². The summed E-state index contributed by atoms with van der Waals surface area (Å²) in [4.78, 5) is 0. The first-order chi connectivity index (χ1) is 4.81. The van der Waals surface area contributed by atoms with E-state index in [1.165, 1.54) is 32.1 Å². The van der Waals surface area contributed by atoms with Gasteiger partial charge in [-0.1, -0.05) is 39.2 Å². The predicted octanol–water partition coefficient (Wildman–Crippen LogP) is 3.94. The van der Waals surface area contributed by atoms with Gasteiger partial charge in [-0.05, 0) is 18.8 Å². The maximum Gasteiger partial charge on any atom is -0.0353 e. The van der Waals surface area contributed by atoms with Gasteiger partial charge in [-0.25, -0.2) is 0 Å². The molecule has 1 unspecified atom stereocenters. The minimum atomic E-state index is 0. The Hall–Kier alpha value is -0.300. The van der Waals surface area contributed by atoms with Gasteiger partial charge in [0, 0.05) is 0 Å². The smallest absolute Gasteiger partial charge is 0.0353 e. The van der Waals surface area contributed by atoms with Crippen LogP contribution in [0.15, 0.2) is 12.7 Å². The summed E-state index contributed by atoms with van der Waals surface area (Å²) in [6.07, 6.45) is 8.61. The van der Waals surface area contributed by atoms with Gasteiger partial charge in [0.05, 0.1) is 0 Å². The molecule has 0 aliphatic heterocycles. The summed E-state index contributed by atoms with van der Waals surface area (Å²) in [6.45, 7) is 8.30. The van der Waals surface area contributed by atoms with Crippen molar-refractivity contribution >= 4 is 0 Å². The van der Waals surface area contributed by atoms with E-state index in [9.17, 15) is 0 Å². The second kappa shape index (κ2) is 9.70. The van der Waals surface area contributed by atoms with Crippen LogP contribution in [0.2, 0.25) is 0 Å². The highest BCUT2D eigenvalue weighted by Gasteiger charge is 1.97. The van der Waals surface area contributed by atoms with Crippen LogP contribution in [0, 0.1) is 5.92 Å². The second-order valence-electron chi connectivity index (χ2n) is 3.11. The monoisotopic (exact) mass is 157 g/mol. The Morgan fingerprint density at radius 3 is 2.45 bits per heavy atom. The van der Waals surface area contributed by atoms with Gasteiger partial charge in [0.2, 0.25) is 0 Å². The molecular formula is C10H23N. The van der Waals surface area contributed by atoms with Crippen LogP contribution in [0.5, 0.6) is 0 Å². The van der Waals surface area contributed by atoms with E-state index >= 15 is 0 Å². The highest BCUT2D eigenvalue weighted by molar-refractivity contribution is 4.66. The number of unbranched alkanes of at least 4 members (excludes halogenated alkanes) is 1. The van der Waals surface area contributed by atoms with E-state index in [0.717, 1.165) is 5.92 Å². The molecule has 0 aliphatic rings. The minimum Gasteiger partial charge on any atom is -0.344 e. The van der Waals surface area contributed by atoms with Crippen LogP contribution in [0.25, 0.3) is 0 Å². The summed E-state index contributed by atoms with van der Waals surface area (Å²) in [5, 5.41) is 0. The molecule has 0 bridgehead atoms. The number of hydrogen-bond acceptors (Lipinski definition) is 1. The van der Waals surface area contributed by atoms with Crippen LogP contribution < -0.4 is 6.15 Å². The van der Waals surface area contributed by atoms with Crippen molar-refractivity contribution in [1.82, 2.24) is 6.15 Å². The van der Waals surface area contributed by atoms with E-state index in [-0.39, 0.29) is 6.15 Å². The summed E-state index contributed by atoms with van der Waals surface area (Å²) in [5.41, 5.74) is 0. The van der Waals surface area contributed by atoms with Crippen molar-refractivity contribution < 1.29 is 0 Å². The Morgan fingerprint density at radius 1 is 1.36 bits per heavy atom. The lowest BCUT2D eigenvalue weighted by Crippen LogP contribution is -1.92. The lowest BCUT2D eigenvalue weighted by Gasteiger charge is -2.07.